The standard InChI is InChI=1S/C51H54N2P2/c54-51(47-16-14-40-10-4-6-12-45(40)52-47,48-17-15-41-11-5-7-13-46(41)53-48)44-25-42(39-8-2-1-3-9-39)24-43(44)32-55(49-26-33-18-34(27-49)20-35(19-33)28-49)50-29-36-21-37(30-50)23-38(22-36)31-50/h1-8,10-17,24-25,33-38H,9,18-23,26-32,54H2. The highest BCUT2D eigenvalue weighted by atomic mass is 31.1. The molecule has 14 rings (SSSR count). The molecule has 0 N–H and O–H groups in total. The van der Waals surface area contributed by atoms with E-state index in [2.05, 4.69) is 118 Å². The van der Waals surface area contributed by atoms with E-state index >= 15 is 0 Å². The van der Waals surface area contributed by atoms with Crippen LogP contribution in [0, 0.1) is 35.5 Å². The first-order valence-electron chi connectivity index (χ1n) is 21.7. The Morgan fingerprint density at radius 2 is 1.09 bits per heavy atom. The van der Waals surface area contributed by atoms with Crippen LogP contribution in [0.25, 0.3) is 21.8 Å². The highest BCUT2D eigenvalue weighted by Crippen LogP contribution is 2.79. The van der Waals surface area contributed by atoms with Crippen molar-refractivity contribution < 1.29 is 0 Å². The molecule has 0 aliphatic heterocycles. The lowest BCUT2D eigenvalue weighted by molar-refractivity contribution is 0.0187. The van der Waals surface area contributed by atoms with Crippen molar-refractivity contribution in [1.82, 2.24) is 9.97 Å². The van der Waals surface area contributed by atoms with Gasteiger partial charge in [0.05, 0.1) is 27.6 Å². The monoisotopic (exact) mass is 756 g/mol. The molecule has 0 saturated heterocycles. The largest absolute Gasteiger partial charge is 0.251 e. The average Bonchev–Trinajstić information content (AvgIpc) is 3.63. The first-order chi connectivity index (χ1) is 26.9. The third-order valence-corrected chi connectivity index (χ3v) is 21.1. The molecule has 4 heteroatoms. The summed E-state index contributed by atoms with van der Waals surface area (Å²) in [5, 5.41) is 2.92. The van der Waals surface area contributed by atoms with Gasteiger partial charge in [-0.25, -0.2) is 0 Å². The highest BCUT2D eigenvalue weighted by Gasteiger charge is 2.63. The van der Waals surface area contributed by atoms with E-state index in [1.165, 1.54) is 111 Å². The summed E-state index contributed by atoms with van der Waals surface area (Å²) in [6.07, 6.45) is 35.1. The third kappa shape index (κ3) is 5.47. The Kier molecular flexibility index (Phi) is 7.81. The molecule has 55 heavy (non-hydrogen) atoms. The van der Waals surface area contributed by atoms with Crippen molar-refractivity contribution >= 4 is 39.0 Å². The maximum absolute atomic E-state index is 5.54. The molecule has 2 nitrogen and oxygen atoms in total. The second-order valence-corrected chi connectivity index (χ2v) is 23.6. The maximum Gasteiger partial charge on any atom is 0.0936 e. The summed E-state index contributed by atoms with van der Waals surface area (Å²) in [6.45, 7) is 0. The van der Waals surface area contributed by atoms with Crippen LogP contribution in [0.3, 0.4) is 0 Å². The van der Waals surface area contributed by atoms with E-state index in [9.17, 15) is 0 Å². The van der Waals surface area contributed by atoms with Crippen LogP contribution in [-0.2, 0) is 5.16 Å². The average molecular weight is 757 g/mol. The fourth-order valence-electron chi connectivity index (χ4n) is 14.7. The Balaban J connectivity index is 1.06. The van der Waals surface area contributed by atoms with Gasteiger partial charge in [-0.15, -0.1) is 9.24 Å². The van der Waals surface area contributed by atoms with E-state index in [1.807, 2.05) is 0 Å². The summed E-state index contributed by atoms with van der Waals surface area (Å²) in [5.74, 6) is 5.91. The zero-order valence-electron chi connectivity index (χ0n) is 32.2. The molecule has 10 aliphatic carbocycles. The zero-order chi connectivity index (χ0) is 36.4. The van der Waals surface area contributed by atoms with Gasteiger partial charge in [-0.05, 0) is 188 Å². The van der Waals surface area contributed by atoms with Crippen LogP contribution in [0.15, 0.2) is 132 Å². The van der Waals surface area contributed by atoms with E-state index in [0.29, 0.717) is 10.3 Å². The van der Waals surface area contributed by atoms with Crippen molar-refractivity contribution in [2.45, 2.75) is 98.9 Å². The SMILES string of the molecule is PC(C1=CC(=C2C=CC=CC2)C=C1CP(C12CC3CC(CC(C3)C1)C2)C12CC3CC(CC(C3)C1)C2)(c1ccc2ccccc2n1)c1ccc2ccccc2n1. The fraction of sp³-hybridized carbons (Fsp3) is 0.451. The predicted octanol–water partition coefficient (Wildman–Crippen LogP) is 13.0. The van der Waals surface area contributed by atoms with Crippen LogP contribution in [0.5, 0.6) is 0 Å². The molecular formula is C51H54N2P2. The Morgan fingerprint density at radius 1 is 0.600 bits per heavy atom. The number of hydrogen-bond acceptors (Lipinski definition) is 2. The predicted molar refractivity (Wildman–Crippen MR) is 234 cm³/mol. The van der Waals surface area contributed by atoms with E-state index < -0.39 is 5.16 Å². The number of nitrogens with zero attached hydrogens (tertiary/aromatic N) is 2. The van der Waals surface area contributed by atoms with Gasteiger partial charge in [0, 0.05) is 10.8 Å². The summed E-state index contributed by atoms with van der Waals surface area (Å²) in [4.78, 5) is 11.1. The summed E-state index contributed by atoms with van der Waals surface area (Å²) in [5.41, 5.74) is 10.1. The van der Waals surface area contributed by atoms with Crippen LogP contribution in [-0.4, -0.2) is 26.4 Å². The number of benzene rings is 2. The molecule has 8 saturated carbocycles. The smallest absolute Gasteiger partial charge is 0.0936 e. The molecule has 0 spiro atoms. The Hall–Kier alpha value is -3.18. The number of allylic oxidation sites excluding steroid dienone is 10. The van der Waals surface area contributed by atoms with Crippen molar-refractivity contribution in [2.75, 3.05) is 6.16 Å². The van der Waals surface area contributed by atoms with Crippen LogP contribution < -0.4 is 0 Å². The van der Waals surface area contributed by atoms with Crippen LogP contribution in [0.1, 0.15) is 94.9 Å². The van der Waals surface area contributed by atoms with Gasteiger partial charge in [0.25, 0.3) is 0 Å². The number of aromatic nitrogens is 2. The lowest BCUT2D eigenvalue weighted by atomic mass is 9.55. The summed E-state index contributed by atoms with van der Waals surface area (Å²) < 4.78 is 0. The summed E-state index contributed by atoms with van der Waals surface area (Å²) >= 11 is 0. The highest BCUT2D eigenvalue weighted by molar-refractivity contribution is 7.61. The van der Waals surface area contributed by atoms with Crippen LogP contribution >= 0.6 is 17.2 Å². The topological polar surface area (TPSA) is 25.8 Å². The number of para-hydroxylation sites is 2. The lowest BCUT2D eigenvalue weighted by Crippen LogP contribution is -2.57. The first kappa shape index (κ1) is 33.9. The van der Waals surface area contributed by atoms with E-state index in [4.69, 9.17) is 9.97 Å². The van der Waals surface area contributed by atoms with Crippen LogP contribution in [0.2, 0.25) is 0 Å². The quantitative estimate of drug-likeness (QED) is 0.176. The molecule has 0 radical (unpaired) electrons. The van der Waals surface area contributed by atoms with Gasteiger partial charge >= 0.3 is 0 Å². The van der Waals surface area contributed by atoms with Crippen molar-refractivity contribution in [2.24, 2.45) is 35.5 Å². The van der Waals surface area contributed by atoms with E-state index in [1.54, 1.807) is 5.57 Å². The number of fused-ring (bicyclic) bond motifs is 2. The normalized spacial score (nSPS) is 36.2. The van der Waals surface area contributed by atoms with Gasteiger partial charge in [0.2, 0.25) is 0 Å². The maximum atomic E-state index is 5.54. The number of hydrogen-bond donors (Lipinski definition) is 0. The molecule has 0 amide bonds. The Bertz CT molecular complexity index is 2200. The molecule has 2 aromatic heterocycles. The summed E-state index contributed by atoms with van der Waals surface area (Å²) in [7, 11) is 3.19. The zero-order valence-corrected chi connectivity index (χ0v) is 34.2. The number of pyridine rings is 2. The van der Waals surface area contributed by atoms with Crippen molar-refractivity contribution in [1.29, 1.82) is 0 Å². The summed E-state index contributed by atoms with van der Waals surface area (Å²) in [6, 6.07) is 26.5. The van der Waals surface area contributed by atoms with Crippen molar-refractivity contribution in [3.8, 4) is 0 Å². The van der Waals surface area contributed by atoms with Gasteiger partial charge in [0.15, 0.2) is 0 Å². The third-order valence-electron chi connectivity index (χ3n) is 16.1. The van der Waals surface area contributed by atoms with Gasteiger partial charge < -0.3 is 0 Å². The Morgan fingerprint density at radius 3 is 1.56 bits per heavy atom. The number of rotatable bonds is 7. The van der Waals surface area contributed by atoms with Gasteiger partial charge in [-0.2, -0.15) is 0 Å². The van der Waals surface area contributed by atoms with Gasteiger partial charge in [-0.3, -0.25) is 9.97 Å². The van der Waals surface area contributed by atoms with Crippen molar-refractivity contribution in [3.05, 3.63) is 143 Å². The molecular weight excluding hydrogens is 703 g/mol. The molecule has 1 unspecified atom stereocenters. The molecule has 2 heterocycles. The fourth-order valence-corrected chi connectivity index (χ4v) is 20.5. The lowest BCUT2D eigenvalue weighted by Gasteiger charge is -2.67. The molecule has 10 aliphatic rings. The van der Waals surface area contributed by atoms with Crippen LogP contribution in [0.4, 0.5) is 0 Å². The second kappa shape index (κ2) is 12.7. The molecule has 8 fully saturated rings. The minimum Gasteiger partial charge on any atom is -0.251 e. The Labute approximate surface area is 331 Å². The van der Waals surface area contributed by atoms with E-state index in [0.717, 1.165) is 64.3 Å². The first-order valence-corrected chi connectivity index (χ1v) is 23.8. The minimum atomic E-state index is -0.597. The van der Waals surface area contributed by atoms with E-state index in [-0.39, 0.29) is 7.92 Å². The van der Waals surface area contributed by atoms with Gasteiger partial charge in [-0.1, -0.05) is 86.8 Å². The molecule has 1 atom stereocenters. The molecule has 278 valence electrons. The van der Waals surface area contributed by atoms with Gasteiger partial charge in [0.1, 0.15) is 0 Å². The van der Waals surface area contributed by atoms with Crippen molar-refractivity contribution in [3.63, 3.8) is 0 Å². The molecule has 4 aromatic rings. The minimum absolute atomic E-state index is 0.238. The molecule has 8 bridgehead atoms. The molecule has 2 aromatic carbocycles. The second-order valence-electron chi connectivity index (χ2n) is 19.7.